The molecule has 0 aliphatic carbocycles. The van der Waals surface area contributed by atoms with Crippen molar-refractivity contribution in [3.63, 3.8) is 0 Å². The van der Waals surface area contributed by atoms with Gasteiger partial charge in [-0.2, -0.15) is 0 Å². The van der Waals surface area contributed by atoms with Crippen LogP contribution in [0.1, 0.15) is 15.9 Å². The van der Waals surface area contributed by atoms with Crippen LogP contribution in [0.3, 0.4) is 0 Å². The number of phenolic OH excluding ortho intramolecular Hbond substituents is 5. The number of esters is 1. The molecule has 1 aliphatic heterocycles. The molecule has 206 valence electrons. The molecule has 8 N–H and O–H groups in total. The van der Waals surface area contributed by atoms with Crippen LogP contribution in [0, 0.1) is 0 Å². The Balaban J connectivity index is 1.70. The van der Waals surface area contributed by atoms with E-state index in [0.29, 0.717) is 0 Å². The summed E-state index contributed by atoms with van der Waals surface area (Å²) in [5.74, 6) is -3.98. The van der Waals surface area contributed by atoms with Crippen molar-refractivity contribution in [3.05, 3.63) is 77.9 Å². The molecule has 0 bridgehead atoms. The van der Waals surface area contributed by atoms with Gasteiger partial charge in [-0.1, -0.05) is 24.3 Å². The van der Waals surface area contributed by atoms with Crippen LogP contribution in [0.5, 0.6) is 34.5 Å². The number of hydrogen-bond acceptors (Lipinski definition) is 12. The Kier molecular flexibility index (Phi) is 7.83. The van der Waals surface area contributed by atoms with E-state index in [4.69, 9.17) is 14.2 Å². The fourth-order valence-electron chi connectivity index (χ4n) is 4.05. The van der Waals surface area contributed by atoms with E-state index in [1.807, 2.05) is 0 Å². The van der Waals surface area contributed by atoms with Crippen LogP contribution in [0.4, 0.5) is 0 Å². The molecule has 3 aromatic carbocycles. The Morgan fingerprint density at radius 1 is 0.949 bits per heavy atom. The number of carbonyl (C=O) groups is 1. The van der Waals surface area contributed by atoms with Crippen molar-refractivity contribution in [1.82, 2.24) is 0 Å². The summed E-state index contributed by atoms with van der Waals surface area (Å²) < 4.78 is 16.9. The minimum atomic E-state index is -2.39. The van der Waals surface area contributed by atoms with Crippen molar-refractivity contribution in [2.45, 2.75) is 30.2 Å². The second kappa shape index (κ2) is 11.1. The molecular formula is C27H26O12. The predicted octanol–water partition coefficient (Wildman–Crippen LogP) is 1.34. The maximum Gasteiger partial charge on any atom is 0.339 e. The first-order valence-corrected chi connectivity index (χ1v) is 11.6. The molecule has 12 heteroatoms. The summed E-state index contributed by atoms with van der Waals surface area (Å²) in [5.41, 5.74) is -2.58. The zero-order valence-corrected chi connectivity index (χ0v) is 20.2. The van der Waals surface area contributed by atoms with E-state index in [0.717, 1.165) is 24.3 Å². The van der Waals surface area contributed by atoms with Crippen LogP contribution in [0.2, 0.25) is 0 Å². The van der Waals surface area contributed by atoms with E-state index in [1.54, 1.807) is 30.3 Å². The number of aromatic hydroxyl groups is 5. The van der Waals surface area contributed by atoms with Crippen LogP contribution in [-0.2, 0) is 9.47 Å². The average molecular weight is 542 g/mol. The molecule has 0 unspecified atom stereocenters. The maximum absolute atomic E-state index is 12.9. The van der Waals surface area contributed by atoms with Gasteiger partial charge in [-0.15, -0.1) is 0 Å². The largest absolute Gasteiger partial charge is 0.508 e. The molecule has 1 heterocycles. The van der Waals surface area contributed by atoms with Crippen molar-refractivity contribution in [2.75, 3.05) is 6.61 Å². The van der Waals surface area contributed by atoms with Crippen molar-refractivity contribution >= 4 is 12.0 Å². The Morgan fingerprint density at radius 2 is 1.56 bits per heavy atom. The smallest absolute Gasteiger partial charge is 0.339 e. The Bertz CT molecular complexity index is 1310. The van der Waals surface area contributed by atoms with Crippen LogP contribution >= 0.6 is 0 Å². The van der Waals surface area contributed by atoms with Gasteiger partial charge in [0.15, 0.2) is 23.4 Å². The highest BCUT2D eigenvalue weighted by molar-refractivity contribution is 5.91. The zero-order chi connectivity index (χ0) is 28.3. The molecule has 0 spiro atoms. The summed E-state index contributed by atoms with van der Waals surface area (Å²) in [4.78, 5) is 12.9. The monoisotopic (exact) mass is 542 g/mol. The third kappa shape index (κ3) is 5.84. The molecule has 0 aromatic heterocycles. The number of para-hydroxylation sites is 1. The van der Waals surface area contributed by atoms with Gasteiger partial charge in [-0.05, 0) is 48.0 Å². The number of hydrogen-bond donors (Lipinski definition) is 8. The molecule has 4 rings (SSSR count). The zero-order valence-electron chi connectivity index (χ0n) is 20.2. The van der Waals surface area contributed by atoms with Crippen LogP contribution in [0.25, 0.3) is 6.08 Å². The lowest BCUT2D eigenvalue weighted by molar-refractivity contribution is -0.299. The molecule has 3 aromatic rings. The molecule has 1 fully saturated rings. The maximum atomic E-state index is 12.9. The number of phenols is 5. The van der Waals surface area contributed by atoms with Gasteiger partial charge < -0.3 is 55.1 Å². The van der Waals surface area contributed by atoms with Gasteiger partial charge in [0.05, 0.1) is 12.2 Å². The number of benzene rings is 3. The quantitative estimate of drug-likeness (QED) is 0.157. The van der Waals surface area contributed by atoms with E-state index in [9.17, 15) is 45.6 Å². The molecule has 1 aliphatic rings. The summed E-state index contributed by atoms with van der Waals surface area (Å²) in [6, 6.07) is 13.3. The van der Waals surface area contributed by atoms with Gasteiger partial charge in [0.2, 0.25) is 6.29 Å². The number of carbonyl (C=O) groups excluding carboxylic acids is 1. The van der Waals surface area contributed by atoms with Crippen LogP contribution in [0.15, 0.2) is 66.7 Å². The van der Waals surface area contributed by atoms with Gasteiger partial charge in [-0.3, -0.25) is 0 Å². The summed E-state index contributed by atoms with van der Waals surface area (Å²) in [7, 11) is 0. The number of aliphatic hydroxyl groups is 3. The third-order valence-corrected chi connectivity index (χ3v) is 6.04. The van der Waals surface area contributed by atoms with E-state index >= 15 is 0 Å². The van der Waals surface area contributed by atoms with Gasteiger partial charge in [0.25, 0.3) is 0 Å². The number of aliphatic hydroxyl groups excluding tert-OH is 2. The van der Waals surface area contributed by atoms with Crippen molar-refractivity contribution in [1.29, 1.82) is 0 Å². The highest BCUT2D eigenvalue weighted by atomic mass is 16.7. The summed E-state index contributed by atoms with van der Waals surface area (Å²) >= 11 is 0. The minimum absolute atomic E-state index is 0.219. The number of ether oxygens (including phenoxy) is 3. The van der Waals surface area contributed by atoms with Crippen LogP contribution < -0.4 is 4.74 Å². The van der Waals surface area contributed by atoms with Gasteiger partial charge in [-0.25, -0.2) is 4.79 Å². The summed E-state index contributed by atoms with van der Waals surface area (Å²) in [5, 5.41) is 81.3. The molecule has 0 saturated carbocycles. The third-order valence-electron chi connectivity index (χ3n) is 6.04. The van der Waals surface area contributed by atoms with Gasteiger partial charge in [0.1, 0.15) is 35.1 Å². The second-order valence-electron chi connectivity index (χ2n) is 8.79. The fourth-order valence-corrected chi connectivity index (χ4v) is 4.05. The fraction of sp³-hybridized carbons (Fsp3) is 0.222. The van der Waals surface area contributed by atoms with Crippen molar-refractivity contribution in [3.8, 4) is 34.5 Å². The van der Waals surface area contributed by atoms with E-state index in [2.05, 4.69) is 0 Å². The lowest BCUT2D eigenvalue weighted by atomic mass is 9.83. The second-order valence-corrected chi connectivity index (χ2v) is 8.79. The van der Waals surface area contributed by atoms with Crippen LogP contribution in [-0.4, -0.2) is 83.6 Å². The first-order chi connectivity index (χ1) is 18.5. The minimum Gasteiger partial charge on any atom is -0.508 e. The highest BCUT2D eigenvalue weighted by Crippen LogP contribution is 2.38. The molecule has 39 heavy (non-hydrogen) atoms. The molecule has 12 nitrogen and oxygen atoms in total. The highest BCUT2D eigenvalue weighted by Gasteiger charge is 2.56. The van der Waals surface area contributed by atoms with Crippen molar-refractivity contribution < 1.29 is 59.9 Å². The van der Waals surface area contributed by atoms with E-state index in [-0.39, 0.29) is 22.8 Å². The lowest BCUT2D eigenvalue weighted by Gasteiger charge is -2.47. The molecular weight excluding hydrogens is 516 g/mol. The summed E-state index contributed by atoms with van der Waals surface area (Å²) in [6.45, 7) is -0.807. The molecule has 5 atom stereocenters. The van der Waals surface area contributed by atoms with E-state index in [1.165, 1.54) is 18.2 Å². The van der Waals surface area contributed by atoms with Gasteiger partial charge in [0, 0.05) is 6.07 Å². The predicted molar refractivity (Wildman–Crippen MR) is 133 cm³/mol. The van der Waals surface area contributed by atoms with Crippen molar-refractivity contribution in [2.24, 2.45) is 0 Å². The summed E-state index contributed by atoms with van der Waals surface area (Å²) in [6.07, 6.45) is -4.50. The average Bonchev–Trinajstić information content (AvgIpc) is 2.90. The Labute approximate surface area is 221 Å². The van der Waals surface area contributed by atoms with E-state index < -0.39 is 65.6 Å². The van der Waals surface area contributed by atoms with Gasteiger partial charge >= 0.3 is 5.97 Å². The molecule has 1 saturated heterocycles. The topological polar surface area (TPSA) is 207 Å². The Morgan fingerprint density at radius 3 is 2.15 bits per heavy atom. The number of rotatable bonds is 7. The first-order valence-electron chi connectivity index (χ1n) is 11.6. The molecule has 0 radical (unpaired) electrons. The lowest BCUT2D eigenvalue weighted by Crippen LogP contribution is -2.67. The Hall–Kier alpha value is -4.49. The standard InChI is InChI=1S/C27H26O12/c28-13-21-27(36,7-6-14-8-16(29)12-17(30)9-14)24(34)23(26(38-21)37-18-4-2-1-3-5-18)39-25(35)15-10-19(31)22(33)20(32)11-15/h1-12,21,23-24,26,28-34,36H,13H2/t21-,23-,24-,26-,27-/m1/s1. The first kappa shape index (κ1) is 27.5. The normalized spacial score (nSPS) is 24.9. The SMILES string of the molecule is O=C(O[C@H]1[C@H](Oc2ccccc2)O[C@H](CO)[C@](O)(C=Cc2cc(O)cc(O)c2)[C@@H]1O)c1cc(O)c(O)c(O)c1. The molecule has 0 amide bonds.